The normalized spacial score (nSPS) is 11.1. The molecule has 2 aromatic rings. The molecule has 114 valence electrons. The molecule has 7 heteroatoms. The third-order valence-electron chi connectivity index (χ3n) is 3.17. The number of nitrogens with zero attached hydrogens (tertiary/aromatic N) is 4. The lowest BCUT2D eigenvalue weighted by Gasteiger charge is -2.11. The van der Waals surface area contributed by atoms with Gasteiger partial charge in [-0.3, -0.25) is 4.79 Å². The van der Waals surface area contributed by atoms with E-state index in [0.717, 1.165) is 17.9 Å². The van der Waals surface area contributed by atoms with Crippen molar-refractivity contribution in [1.82, 2.24) is 19.6 Å². The van der Waals surface area contributed by atoms with Crippen LogP contribution in [0.25, 0.3) is 11.5 Å². The van der Waals surface area contributed by atoms with Gasteiger partial charge in [-0.25, -0.2) is 0 Å². The molecular formula is C14H20N4O3. The Kier molecular flexibility index (Phi) is 4.74. The lowest BCUT2D eigenvalue weighted by atomic mass is 10.3. The third kappa shape index (κ3) is 3.69. The van der Waals surface area contributed by atoms with Crippen LogP contribution in [0, 0.1) is 0 Å². The number of aryl methyl sites for hydroxylation is 1. The molecule has 0 spiro atoms. The second-order valence-corrected chi connectivity index (χ2v) is 5.09. The van der Waals surface area contributed by atoms with Gasteiger partial charge in [0.2, 0.25) is 11.7 Å². The smallest absolute Gasteiger partial charge is 0.306 e. The first-order valence-corrected chi connectivity index (χ1v) is 6.70. The molecule has 2 aromatic heterocycles. The minimum Gasteiger partial charge on any atom is -0.469 e. The SMILES string of the molecule is COC(=O)CCc1nc(-c2ccc(CN(C)C)n2C)no1. The molecule has 0 bridgehead atoms. The number of ether oxygens (including phenoxy) is 1. The minimum atomic E-state index is -0.290. The number of esters is 1. The topological polar surface area (TPSA) is 73.4 Å². The minimum absolute atomic E-state index is 0.233. The Morgan fingerprint density at radius 1 is 1.43 bits per heavy atom. The van der Waals surface area contributed by atoms with Crippen molar-refractivity contribution in [3.8, 4) is 11.5 Å². The number of carbonyl (C=O) groups is 1. The molecule has 0 aliphatic carbocycles. The molecule has 0 unspecified atom stereocenters. The van der Waals surface area contributed by atoms with Gasteiger partial charge in [0, 0.05) is 25.7 Å². The highest BCUT2D eigenvalue weighted by Gasteiger charge is 2.14. The van der Waals surface area contributed by atoms with Gasteiger partial charge in [0.25, 0.3) is 0 Å². The van der Waals surface area contributed by atoms with E-state index in [1.165, 1.54) is 7.11 Å². The fourth-order valence-corrected chi connectivity index (χ4v) is 2.03. The number of rotatable bonds is 6. The maximum Gasteiger partial charge on any atom is 0.306 e. The van der Waals surface area contributed by atoms with Crippen LogP contribution < -0.4 is 0 Å². The average Bonchev–Trinajstić information content (AvgIpc) is 3.03. The molecule has 0 fully saturated rings. The van der Waals surface area contributed by atoms with Gasteiger partial charge in [-0.1, -0.05) is 5.16 Å². The van der Waals surface area contributed by atoms with Gasteiger partial charge >= 0.3 is 5.97 Å². The zero-order valence-electron chi connectivity index (χ0n) is 12.8. The molecule has 0 N–H and O–H groups in total. The fraction of sp³-hybridized carbons (Fsp3) is 0.500. The van der Waals surface area contributed by atoms with Crippen LogP contribution in [0.5, 0.6) is 0 Å². The lowest BCUT2D eigenvalue weighted by Crippen LogP contribution is -2.13. The van der Waals surface area contributed by atoms with Gasteiger partial charge in [0.15, 0.2) is 0 Å². The molecule has 2 rings (SSSR count). The van der Waals surface area contributed by atoms with Crippen molar-refractivity contribution in [2.24, 2.45) is 7.05 Å². The number of hydrogen-bond donors (Lipinski definition) is 0. The van der Waals surface area contributed by atoms with Crippen molar-refractivity contribution in [2.75, 3.05) is 21.2 Å². The van der Waals surface area contributed by atoms with Gasteiger partial charge in [-0.05, 0) is 26.2 Å². The summed E-state index contributed by atoms with van der Waals surface area (Å²) in [5.41, 5.74) is 2.05. The average molecular weight is 292 g/mol. The fourth-order valence-electron chi connectivity index (χ4n) is 2.03. The first kappa shape index (κ1) is 15.2. The van der Waals surface area contributed by atoms with Crippen LogP contribution >= 0.6 is 0 Å². The number of methoxy groups -OCH3 is 1. The van der Waals surface area contributed by atoms with Crippen molar-refractivity contribution in [3.05, 3.63) is 23.7 Å². The molecular weight excluding hydrogens is 272 g/mol. The highest BCUT2D eigenvalue weighted by molar-refractivity contribution is 5.69. The standard InChI is InChI=1S/C14H20N4O3/c1-17(2)9-10-5-6-11(18(10)3)14-15-12(21-16-14)7-8-13(19)20-4/h5-6H,7-9H2,1-4H3. The van der Waals surface area contributed by atoms with E-state index < -0.39 is 0 Å². The van der Waals surface area contributed by atoms with Crippen LogP contribution in [-0.4, -0.2) is 46.8 Å². The van der Waals surface area contributed by atoms with Crippen molar-refractivity contribution < 1.29 is 14.1 Å². The molecule has 0 aliphatic rings. The Morgan fingerprint density at radius 2 is 2.19 bits per heavy atom. The van der Waals surface area contributed by atoms with Crippen LogP contribution in [-0.2, 0) is 29.5 Å². The molecule has 0 aromatic carbocycles. The molecule has 21 heavy (non-hydrogen) atoms. The monoisotopic (exact) mass is 292 g/mol. The summed E-state index contributed by atoms with van der Waals surface area (Å²) >= 11 is 0. The van der Waals surface area contributed by atoms with Crippen LogP contribution in [0.2, 0.25) is 0 Å². The predicted molar refractivity (Wildman–Crippen MR) is 76.4 cm³/mol. The van der Waals surface area contributed by atoms with E-state index in [-0.39, 0.29) is 12.4 Å². The first-order valence-electron chi connectivity index (χ1n) is 6.70. The van der Waals surface area contributed by atoms with E-state index in [2.05, 4.69) is 19.8 Å². The summed E-state index contributed by atoms with van der Waals surface area (Å²) in [5, 5.41) is 3.97. The third-order valence-corrected chi connectivity index (χ3v) is 3.17. The summed E-state index contributed by atoms with van der Waals surface area (Å²) in [5.74, 6) is 0.676. The highest BCUT2D eigenvalue weighted by Crippen LogP contribution is 2.19. The highest BCUT2D eigenvalue weighted by atomic mass is 16.5. The summed E-state index contributed by atoms with van der Waals surface area (Å²) in [7, 11) is 7.37. The molecule has 0 amide bonds. The second-order valence-electron chi connectivity index (χ2n) is 5.09. The maximum absolute atomic E-state index is 11.1. The van der Waals surface area contributed by atoms with Gasteiger partial charge < -0.3 is 18.7 Å². The largest absolute Gasteiger partial charge is 0.469 e. The second kappa shape index (κ2) is 6.53. The number of hydrogen-bond acceptors (Lipinski definition) is 6. The van der Waals surface area contributed by atoms with Crippen molar-refractivity contribution in [3.63, 3.8) is 0 Å². The lowest BCUT2D eigenvalue weighted by molar-refractivity contribution is -0.140. The van der Waals surface area contributed by atoms with Gasteiger partial charge in [-0.2, -0.15) is 4.98 Å². The number of aromatic nitrogens is 3. The summed E-state index contributed by atoms with van der Waals surface area (Å²) in [6.45, 7) is 0.837. The maximum atomic E-state index is 11.1. The summed E-state index contributed by atoms with van der Waals surface area (Å²) < 4.78 is 11.8. The Labute approximate surface area is 123 Å². The van der Waals surface area contributed by atoms with Crippen LogP contribution in [0.4, 0.5) is 0 Å². The van der Waals surface area contributed by atoms with E-state index in [1.807, 2.05) is 37.8 Å². The van der Waals surface area contributed by atoms with Gasteiger partial charge in [0.1, 0.15) is 0 Å². The quantitative estimate of drug-likeness (QED) is 0.746. The zero-order valence-corrected chi connectivity index (χ0v) is 12.8. The van der Waals surface area contributed by atoms with Gasteiger partial charge in [0.05, 0.1) is 19.2 Å². The summed E-state index contributed by atoms with van der Waals surface area (Å²) in [4.78, 5) is 17.5. The first-order chi connectivity index (χ1) is 10.0. The number of carbonyl (C=O) groups excluding carboxylic acids is 1. The van der Waals surface area contributed by atoms with E-state index in [9.17, 15) is 4.79 Å². The van der Waals surface area contributed by atoms with Crippen molar-refractivity contribution in [2.45, 2.75) is 19.4 Å². The Balaban J connectivity index is 2.11. The van der Waals surface area contributed by atoms with Crippen LogP contribution in [0.1, 0.15) is 18.0 Å². The van der Waals surface area contributed by atoms with E-state index in [4.69, 9.17) is 4.52 Å². The van der Waals surface area contributed by atoms with E-state index in [1.54, 1.807) is 0 Å². The molecule has 0 saturated heterocycles. The van der Waals surface area contributed by atoms with Crippen molar-refractivity contribution >= 4 is 5.97 Å². The molecule has 0 saturated carbocycles. The Morgan fingerprint density at radius 3 is 2.86 bits per heavy atom. The zero-order chi connectivity index (χ0) is 15.4. The van der Waals surface area contributed by atoms with Crippen LogP contribution in [0.3, 0.4) is 0 Å². The molecule has 2 heterocycles. The molecule has 0 radical (unpaired) electrons. The molecule has 7 nitrogen and oxygen atoms in total. The Bertz CT molecular complexity index is 616. The summed E-state index contributed by atoms with van der Waals surface area (Å²) in [6, 6.07) is 4.01. The Hall–Kier alpha value is -2.15. The van der Waals surface area contributed by atoms with Crippen LogP contribution in [0.15, 0.2) is 16.7 Å². The van der Waals surface area contributed by atoms with E-state index >= 15 is 0 Å². The summed E-state index contributed by atoms with van der Waals surface area (Å²) in [6.07, 6.45) is 0.617. The van der Waals surface area contributed by atoms with Gasteiger partial charge in [-0.15, -0.1) is 0 Å². The molecule has 0 atom stereocenters. The van der Waals surface area contributed by atoms with Crippen molar-refractivity contribution in [1.29, 1.82) is 0 Å². The van der Waals surface area contributed by atoms with E-state index in [0.29, 0.717) is 18.1 Å². The predicted octanol–water partition coefficient (Wildman–Crippen LogP) is 1.24. The molecule has 0 aliphatic heterocycles.